The highest BCUT2D eigenvalue weighted by Crippen LogP contribution is 2.25. The lowest BCUT2D eigenvalue weighted by atomic mass is 9.87. The van der Waals surface area contributed by atoms with E-state index in [4.69, 9.17) is 0 Å². The van der Waals surface area contributed by atoms with Crippen LogP contribution in [0.2, 0.25) is 0 Å². The van der Waals surface area contributed by atoms with Gasteiger partial charge in [0.15, 0.2) is 0 Å². The Morgan fingerprint density at radius 1 is 0.935 bits per heavy atom. The third kappa shape index (κ3) is 4.37. The molecule has 1 fully saturated rings. The summed E-state index contributed by atoms with van der Waals surface area (Å²) in [6, 6.07) is 25.0. The predicted molar refractivity (Wildman–Crippen MR) is 123 cm³/mol. The van der Waals surface area contributed by atoms with Crippen LogP contribution in [-0.2, 0) is 17.6 Å². The third-order valence-electron chi connectivity index (χ3n) is 6.13. The maximum absolute atomic E-state index is 13.1. The van der Waals surface area contributed by atoms with Crippen molar-refractivity contribution in [3.05, 3.63) is 102 Å². The SMILES string of the molecule is O=C1NC(Cc2ccc3ccccc3c2)CNC1C(Cc1ccccc1)c1cnc[nH]1. The lowest BCUT2D eigenvalue weighted by Crippen LogP contribution is -2.61. The number of H-pyrrole nitrogens is 1. The van der Waals surface area contributed by atoms with Crippen molar-refractivity contribution in [1.29, 1.82) is 0 Å². The molecular weight excluding hydrogens is 384 g/mol. The number of nitrogens with zero attached hydrogens (tertiary/aromatic N) is 1. The fraction of sp³-hybridized carbons (Fsp3) is 0.231. The van der Waals surface area contributed by atoms with Gasteiger partial charge in [-0.25, -0.2) is 4.98 Å². The Bertz CT molecular complexity index is 1160. The van der Waals surface area contributed by atoms with E-state index < -0.39 is 0 Å². The van der Waals surface area contributed by atoms with E-state index in [1.165, 1.54) is 21.9 Å². The van der Waals surface area contributed by atoms with Gasteiger partial charge in [0.25, 0.3) is 0 Å². The number of aromatic nitrogens is 2. The van der Waals surface area contributed by atoms with Crippen molar-refractivity contribution in [3.8, 4) is 0 Å². The zero-order chi connectivity index (χ0) is 21.0. The normalized spacial score (nSPS) is 19.8. The Morgan fingerprint density at radius 2 is 1.74 bits per heavy atom. The van der Waals surface area contributed by atoms with Crippen LogP contribution in [0.5, 0.6) is 0 Å². The number of carbonyl (C=O) groups is 1. The molecule has 1 aliphatic heterocycles. The highest BCUT2D eigenvalue weighted by molar-refractivity contribution is 5.84. The number of hydrogen-bond acceptors (Lipinski definition) is 3. The number of aromatic amines is 1. The van der Waals surface area contributed by atoms with Crippen LogP contribution in [0.3, 0.4) is 0 Å². The number of benzene rings is 3. The first kappa shape index (κ1) is 19.5. The lowest BCUT2D eigenvalue weighted by molar-refractivity contribution is -0.126. The Labute approximate surface area is 181 Å². The average Bonchev–Trinajstić information content (AvgIpc) is 3.33. The molecule has 3 unspecified atom stereocenters. The van der Waals surface area contributed by atoms with Gasteiger partial charge >= 0.3 is 0 Å². The van der Waals surface area contributed by atoms with Gasteiger partial charge in [-0.15, -0.1) is 0 Å². The molecule has 0 aliphatic carbocycles. The molecule has 1 saturated heterocycles. The van der Waals surface area contributed by atoms with E-state index >= 15 is 0 Å². The predicted octanol–water partition coefficient (Wildman–Crippen LogP) is 3.59. The monoisotopic (exact) mass is 410 g/mol. The van der Waals surface area contributed by atoms with Gasteiger partial charge in [0.2, 0.25) is 5.91 Å². The number of nitrogens with one attached hydrogen (secondary N) is 3. The fourth-order valence-corrected chi connectivity index (χ4v) is 4.55. The van der Waals surface area contributed by atoms with Crippen LogP contribution in [0.1, 0.15) is 22.7 Å². The number of hydrogen-bond donors (Lipinski definition) is 3. The quantitative estimate of drug-likeness (QED) is 0.455. The van der Waals surface area contributed by atoms with E-state index in [0.29, 0.717) is 0 Å². The molecule has 0 saturated carbocycles. The Balaban J connectivity index is 1.30. The van der Waals surface area contributed by atoms with Crippen molar-refractivity contribution in [2.24, 2.45) is 0 Å². The zero-order valence-corrected chi connectivity index (χ0v) is 17.3. The molecule has 156 valence electrons. The van der Waals surface area contributed by atoms with Gasteiger partial charge in [-0.1, -0.05) is 72.8 Å². The molecule has 5 rings (SSSR count). The first-order valence-electron chi connectivity index (χ1n) is 10.8. The van der Waals surface area contributed by atoms with Gasteiger partial charge in [-0.3, -0.25) is 4.79 Å². The van der Waals surface area contributed by atoms with Gasteiger partial charge in [0.1, 0.15) is 0 Å². The number of amides is 1. The van der Waals surface area contributed by atoms with Crippen LogP contribution < -0.4 is 10.6 Å². The summed E-state index contributed by atoms with van der Waals surface area (Å²) in [5.41, 5.74) is 3.41. The molecule has 1 aliphatic rings. The van der Waals surface area contributed by atoms with Gasteiger partial charge in [0.05, 0.1) is 12.4 Å². The molecule has 5 nitrogen and oxygen atoms in total. The van der Waals surface area contributed by atoms with E-state index in [2.05, 4.69) is 75.2 Å². The second-order valence-electron chi connectivity index (χ2n) is 8.28. The molecule has 5 heteroatoms. The summed E-state index contributed by atoms with van der Waals surface area (Å²) in [7, 11) is 0. The van der Waals surface area contributed by atoms with Crippen LogP contribution in [-0.4, -0.2) is 34.5 Å². The largest absolute Gasteiger partial charge is 0.350 e. The third-order valence-corrected chi connectivity index (χ3v) is 6.13. The van der Waals surface area contributed by atoms with Crippen LogP contribution >= 0.6 is 0 Å². The summed E-state index contributed by atoms with van der Waals surface area (Å²) in [4.78, 5) is 20.5. The standard InChI is InChI=1S/C26H26N4O/c31-26-25(23(24-16-27-17-29-24)14-18-6-2-1-3-7-18)28-15-22(30-26)13-19-10-11-20-8-4-5-9-21(20)12-19/h1-12,16-17,22-23,25,28H,13-15H2,(H,27,29)(H,30,31). The summed E-state index contributed by atoms with van der Waals surface area (Å²) >= 11 is 0. The van der Waals surface area contributed by atoms with Gasteiger partial charge in [0, 0.05) is 30.4 Å². The zero-order valence-electron chi connectivity index (χ0n) is 17.3. The maximum atomic E-state index is 13.1. The highest BCUT2D eigenvalue weighted by atomic mass is 16.2. The maximum Gasteiger partial charge on any atom is 0.238 e. The smallest absolute Gasteiger partial charge is 0.238 e. The molecule has 3 aromatic carbocycles. The Morgan fingerprint density at radius 3 is 2.52 bits per heavy atom. The first-order valence-corrected chi connectivity index (χ1v) is 10.8. The average molecular weight is 411 g/mol. The fourth-order valence-electron chi connectivity index (χ4n) is 4.55. The van der Waals surface area contributed by atoms with E-state index in [1.54, 1.807) is 6.33 Å². The Kier molecular flexibility index (Phi) is 5.50. The van der Waals surface area contributed by atoms with E-state index in [0.717, 1.165) is 25.1 Å². The van der Waals surface area contributed by atoms with Crippen LogP contribution in [0.15, 0.2) is 85.3 Å². The number of fused-ring (bicyclic) bond motifs is 1. The van der Waals surface area contributed by atoms with Crippen molar-refractivity contribution in [2.45, 2.75) is 30.8 Å². The van der Waals surface area contributed by atoms with Crippen molar-refractivity contribution >= 4 is 16.7 Å². The number of imidazole rings is 1. The second-order valence-corrected chi connectivity index (χ2v) is 8.28. The molecule has 3 N–H and O–H groups in total. The first-order chi connectivity index (χ1) is 15.3. The van der Waals surface area contributed by atoms with Crippen molar-refractivity contribution in [1.82, 2.24) is 20.6 Å². The molecule has 1 amide bonds. The summed E-state index contributed by atoms with van der Waals surface area (Å²) in [6.07, 6.45) is 5.08. The minimum absolute atomic E-state index is 0.00785. The minimum Gasteiger partial charge on any atom is -0.350 e. The molecule has 2 heterocycles. The molecule has 0 bridgehead atoms. The number of rotatable bonds is 6. The van der Waals surface area contributed by atoms with Crippen molar-refractivity contribution < 1.29 is 4.79 Å². The minimum atomic E-state index is -0.298. The molecule has 1 aromatic heterocycles. The van der Waals surface area contributed by atoms with Gasteiger partial charge in [-0.05, 0) is 34.7 Å². The van der Waals surface area contributed by atoms with E-state index in [-0.39, 0.29) is 23.9 Å². The van der Waals surface area contributed by atoms with Crippen molar-refractivity contribution in [2.75, 3.05) is 6.54 Å². The lowest BCUT2D eigenvalue weighted by Gasteiger charge is -2.34. The van der Waals surface area contributed by atoms with Crippen LogP contribution in [0.4, 0.5) is 0 Å². The highest BCUT2D eigenvalue weighted by Gasteiger charge is 2.35. The molecule has 0 radical (unpaired) electrons. The topological polar surface area (TPSA) is 69.8 Å². The summed E-state index contributed by atoms with van der Waals surface area (Å²) in [5.74, 6) is 0.0408. The summed E-state index contributed by atoms with van der Waals surface area (Å²) < 4.78 is 0. The molecule has 0 spiro atoms. The van der Waals surface area contributed by atoms with Gasteiger partial charge < -0.3 is 15.6 Å². The molecular formula is C26H26N4O. The van der Waals surface area contributed by atoms with Crippen LogP contribution in [0.25, 0.3) is 10.8 Å². The number of carbonyl (C=O) groups excluding carboxylic acids is 1. The molecule has 4 aromatic rings. The second kappa shape index (κ2) is 8.74. The Hall–Kier alpha value is -3.44. The number of piperazine rings is 1. The molecule has 31 heavy (non-hydrogen) atoms. The summed E-state index contributed by atoms with van der Waals surface area (Å²) in [5, 5.41) is 9.25. The van der Waals surface area contributed by atoms with E-state index in [9.17, 15) is 4.79 Å². The van der Waals surface area contributed by atoms with Crippen LogP contribution in [0, 0.1) is 0 Å². The van der Waals surface area contributed by atoms with Gasteiger partial charge in [-0.2, -0.15) is 0 Å². The molecule has 3 atom stereocenters. The van der Waals surface area contributed by atoms with Crippen molar-refractivity contribution in [3.63, 3.8) is 0 Å². The summed E-state index contributed by atoms with van der Waals surface area (Å²) in [6.45, 7) is 0.739. The van der Waals surface area contributed by atoms with E-state index in [1.807, 2.05) is 24.4 Å².